The smallest absolute Gasteiger partial charge is 0.183 e. The van der Waals surface area contributed by atoms with Gasteiger partial charge in [-0.1, -0.05) is 5.21 Å². The fraction of sp³-hybridized carbons (Fsp3) is 0.636. The number of nitrogens with zero attached hydrogens (tertiary/aromatic N) is 6. The van der Waals surface area contributed by atoms with Gasteiger partial charge in [0.1, 0.15) is 6.33 Å². The number of anilines is 1. The largest absolute Gasteiger partial charge is 0.352 e. The quantitative estimate of drug-likeness (QED) is 0.737. The van der Waals surface area contributed by atoms with E-state index in [1.807, 2.05) is 7.05 Å². The lowest BCUT2D eigenvalue weighted by Gasteiger charge is -2.34. The minimum atomic E-state index is 0.517. The molecular weight excluding hydrogens is 216 g/mol. The zero-order chi connectivity index (χ0) is 11.8. The van der Waals surface area contributed by atoms with E-state index >= 15 is 0 Å². The van der Waals surface area contributed by atoms with E-state index in [9.17, 15) is 0 Å². The number of piperidine rings is 1. The van der Waals surface area contributed by atoms with Crippen molar-refractivity contribution in [3.05, 3.63) is 6.33 Å². The maximum absolute atomic E-state index is 4.39. The monoisotopic (exact) mass is 232 g/mol. The Balaban J connectivity index is 2.10. The highest BCUT2D eigenvalue weighted by Crippen LogP contribution is 2.26. The number of hydrogen-bond donors (Lipinski definition) is 0. The van der Waals surface area contributed by atoms with Crippen molar-refractivity contribution >= 4 is 17.0 Å². The normalized spacial score (nSPS) is 21.1. The lowest BCUT2D eigenvalue weighted by Crippen LogP contribution is -2.38. The van der Waals surface area contributed by atoms with Gasteiger partial charge >= 0.3 is 0 Å². The van der Waals surface area contributed by atoms with Crippen LogP contribution in [-0.4, -0.2) is 37.5 Å². The highest BCUT2D eigenvalue weighted by Gasteiger charge is 2.23. The van der Waals surface area contributed by atoms with Gasteiger partial charge in [-0.05, 0) is 26.2 Å². The van der Waals surface area contributed by atoms with Crippen LogP contribution in [0.3, 0.4) is 0 Å². The van der Waals surface area contributed by atoms with Gasteiger partial charge in [0.15, 0.2) is 17.0 Å². The topological polar surface area (TPSA) is 59.7 Å². The average molecular weight is 232 g/mol. The summed E-state index contributed by atoms with van der Waals surface area (Å²) < 4.78 is 1.69. The van der Waals surface area contributed by atoms with Crippen molar-refractivity contribution < 1.29 is 0 Å². The molecule has 0 amide bonds. The summed E-state index contributed by atoms with van der Waals surface area (Å²) in [5, 5.41) is 8.19. The molecule has 0 bridgehead atoms. The Labute approximate surface area is 99.7 Å². The van der Waals surface area contributed by atoms with E-state index in [1.165, 1.54) is 19.3 Å². The second kappa shape index (κ2) is 3.94. The van der Waals surface area contributed by atoms with Gasteiger partial charge in [0.2, 0.25) is 0 Å². The highest BCUT2D eigenvalue weighted by atomic mass is 15.4. The van der Waals surface area contributed by atoms with Crippen LogP contribution in [0.4, 0.5) is 5.82 Å². The molecular formula is C11H16N6. The maximum atomic E-state index is 4.39. The summed E-state index contributed by atoms with van der Waals surface area (Å²) in [6, 6.07) is 0.517. The maximum Gasteiger partial charge on any atom is 0.183 e. The van der Waals surface area contributed by atoms with Crippen molar-refractivity contribution in [2.45, 2.75) is 32.2 Å². The molecule has 1 aliphatic heterocycles. The second-order valence-electron chi connectivity index (χ2n) is 4.62. The fourth-order valence-electron chi connectivity index (χ4n) is 2.46. The van der Waals surface area contributed by atoms with Crippen LogP contribution >= 0.6 is 0 Å². The van der Waals surface area contributed by atoms with Gasteiger partial charge in [-0.25, -0.2) is 14.6 Å². The van der Waals surface area contributed by atoms with E-state index in [2.05, 4.69) is 32.1 Å². The first-order valence-electron chi connectivity index (χ1n) is 6.04. The molecule has 1 atom stereocenters. The Hall–Kier alpha value is -1.72. The Morgan fingerprint density at radius 3 is 3.00 bits per heavy atom. The van der Waals surface area contributed by atoms with Crippen molar-refractivity contribution in [2.75, 3.05) is 11.4 Å². The van der Waals surface area contributed by atoms with E-state index in [-0.39, 0.29) is 0 Å². The molecule has 0 aliphatic carbocycles. The third-order valence-corrected chi connectivity index (χ3v) is 3.44. The van der Waals surface area contributed by atoms with Crippen LogP contribution < -0.4 is 4.90 Å². The zero-order valence-electron chi connectivity index (χ0n) is 10.2. The molecule has 6 nitrogen and oxygen atoms in total. The van der Waals surface area contributed by atoms with Gasteiger partial charge in [-0.3, -0.25) is 0 Å². The standard InChI is InChI=1S/C11H16N6/c1-8-5-3-4-6-17(8)11-9-10(12-7-13-11)16(2)15-14-9/h7-8H,3-6H2,1-2H3/t8-/m0/s1. The van der Waals surface area contributed by atoms with Crippen LogP contribution in [-0.2, 0) is 7.05 Å². The molecule has 1 aliphatic rings. The van der Waals surface area contributed by atoms with E-state index in [0.29, 0.717) is 6.04 Å². The van der Waals surface area contributed by atoms with Crippen LogP contribution in [0.5, 0.6) is 0 Å². The van der Waals surface area contributed by atoms with Crippen LogP contribution in [0, 0.1) is 0 Å². The Morgan fingerprint density at radius 2 is 2.18 bits per heavy atom. The van der Waals surface area contributed by atoms with Crippen LogP contribution in [0.15, 0.2) is 6.33 Å². The number of aryl methyl sites for hydroxylation is 1. The summed E-state index contributed by atoms with van der Waals surface area (Å²) in [5.74, 6) is 0.926. The summed E-state index contributed by atoms with van der Waals surface area (Å²) in [6.45, 7) is 3.29. The molecule has 0 spiro atoms. The first-order chi connectivity index (χ1) is 8.27. The molecule has 17 heavy (non-hydrogen) atoms. The van der Waals surface area contributed by atoms with E-state index < -0.39 is 0 Å². The molecule has 1 fully saturated rings. The summed E-state index contributed by atoms with van der Waals surface area (Å²) in [4.78, 5) is 10.9. The predicted octanol–water partition coefficient (Wildman–Crippen LogP) is 1.14. The molecule has 0 saturated carbocycles. The molecule has 1 saturated heterocycles. The molecule has 2 aromatic heterocycles. The Bertz CT molecular complexity index is 534. The van der Waals surface area contributed by atoms with Crippen molar-refractivity contribution in [1.29, 1.82) is 0 Å². The molecule has 6 heteroatoms. The lowest BCUT2D eigenvalue weighted by atomic mass is 10.0. The summed E-state index contributed by atoms with van der Waals surface area (Å²) in [6.07, 6.45) is 5.33. The summed E-state index contributed by atoms with van der Waals surface area (Å²) in [5.41, 5.74) is 1.61. The molecule has 3 heterocycles. The highest BCUT2D eigenvalue weighted by molar-refractivity contribution is 5.82. The molecule has 0 aromatic carbocycles. The molecule has 90 valence electrons. The predicted molar refractivity (Wildman–Crippen MR) is 64.8 cm³/mol. The van der Waals surface area contributed by atoms with E-state index in [4.69, 9.17) is 0 Å². The van der Waals surface area contributed by atoms with E-state index in [1.54, 1.807) is 11.0 Å². The lowest BCUT2D eigenvalue weighted by molar-refractivity contribution is 0.482. The van der Waals surface area contributed by atoms with Crippen molar-refractivity contribution in [3.63, 3.8) is 0 Å². The molecule has 3 rings (SSSR count). The van der Waals surface area contributed by atoms with Crippen LogP contribution in [0.1, 0.15) is 26.2 Å². The molecule has 2 aromatic rings. The molecule has 0 N–H and O–H groups in total. The molecule has 0 unspecified atom stereocenters. The first-order valence-corrected chi connectivity index (χ1v) is 6.04. The first kappa shape index (κ1) is 10.4. The van der Waals surface area contributed by atoms with Gasteiger partial charge in [0, 0.05) is 19.6 Å². The van der Waals surface area contributed by atoms with Gasteiger partial charge in [0.05, 0.1) is 0 Å². The zero-order valence-corrected chi connectivity index (χ0v) is 10.2. The number of rotatable bonds is 1. The minimum absolute atomic E-state index is 0.517. The Kier molecular flexibility index (Phi) is 2.42. The van der Waals surface area contributed by atoms with Crippen molar-refractivity contribution in [1.82, 2.24) is 25.0 Å². The second-order valence-corrected chi connectivity index (χ2v) is 4.62. The van der Waals surface area contributed by atoms with Gasteiger partial charge < -0.3 is 4.90 Å². The minimum Gasteiger partial charge on any atom is -0.352 e. The Morgan fingerprint density at radius 1 is 1.29 bits per heavy atom. The molecule has 0 radical (unpaired) electrons. The van der Waals surface area contributed by atoms with Gasteiger partial charge in [-0.15, -0.1) is 5.10 Å². The third-order valence-electron chi connectivity index (χ3n) is 3.44. The SMILES string of the molecule is C[C@H]1CCCCN1c1ncnc2c1nnn2C. The van der Waals surface area contributed by atoms with Crippen LogP contribution in [0.2, 0.25) is 0 Å². The number of fused-ring (bicyclic) bond motifs is 1. The average Bonchev–Trinajstić information content (AvgIpc) is 2.72. The van der Waals surface area contributed by atoms with E-state index in [0.717, 1.165) is 23.5 Å². The van der Waals surface area contributed by atoms with Crippen molar-refractivity contribution in [2.24, 2.45) is 7.05 Å². The van der Waals surface area contributed by atoms with Gasteiger partial charge in [-0.2, -0.15) is 0 Å². The summed E-state index contributed by atoms with van der Waals surface area (Å²) >= 11 is 0. The van der Waals surface area contributed by atoms with Crippen LogP contribution in [0.25, 0.3) is 11.2 Å². The summed E-state index contributed by atoms with van der Waals surface area (Å²) in [7, 11) is 1.85. The fourth-order valence-corrected chi connectivity index (χ4v) is 2.46. The number of hydrogen-bond acceptors (Lipinski definition) is 5. The van der Waals surface area contributed by atoms with Crippen molar-refractivity contribution in [3.8, 4) is 0 Å². The third kappa shape index (κ3) is 1.64. The van der Waals surface area contributed by atoms with Gasteiger partial charge in [0.25, 0.3) is 0 Å². The number of aromatic nitrogens is 5.